The monoisotopic (exact) mass is 872 g/mol. The molecule has 346 valence electrons. The number of nitrogens with zero attached hydrogens (tertiary/aromatic N) is 3. The molecule has 1 unspecified atom stereocenters. The van der Waals surface area contributed by atoms with E-state index in [1.165, 1.54) is 50.0 Å². The molecule has 1 aliphatic rings. The summed E-state index contributed by atoms with van der Waals surface area (Å²) < 4.78 is 2.42. The maximum atomic E-state index is 4.09. The number of anilines is 1. The first kappa shape index (κ1) is 56.7. The molecule has 0 amide bonds. The fraction of sp³-hybridized carbons (Fsp3) is 0.300. The maximum Gasteiger partial charge on any atom is 0.102 e. The van der Waals surface area contributed by atoms with Gasteiger partial charge in [-0.05, 0) is 134 Å². The Bertz CT molecular complexity index is 2300. The Labute approximate surface area is 395 Å². The van der Waals surface area contributed by atoms with Gasteiger partial charge in [0.25, 0.3) is 0 Å². The zero-order chi connectivity index (χ0) is 48.4. The summed E-state index contributed by atoms with van der Waals surface area (Å²) >= 11 is 0. The summed E-state index contributed by atoms with van der Waals surface area (Å²) in [6.45, 7) is 37.6. The van der Waals surface area contributed by atoms with Gasteiger partial charge in [-0.2, -0.15) is 0 Å². The summed E-state index contributed by atoms with van der Waals surface area (Å²) in [7, 11) is 0. The van der Waals surface area contributed by atoms with Crippen molar-refractivity contribution in [3.63, 3.8) is 0 Å². The van der Waals surface area contributed by atoms with Crippen LogP contribution < -0.4 is 10.6 Å². The molecule has 1 heterocycles. The fourth-order valence-electron chi connectivity index (χ4n) is 6.92. The Kier molecular flexibility index (Phi) is 29.8. The number of aliphatic imine (C=N–C) groups is 2. The fourth-order valence-corrected chi connectivity index (χ4v) is 6.92. The van der Waals surface area contributed by atoms with E-state index in [1.807, 2.05) is 65.0 Å². The van der Waals surface area contributed by atoms with Crippen LogP contribution in [0, 0.1) is 13.8 Å². The van der Waals surface area contributed by atoms with E-state index in [0.29, 0.717) is 6.54 Å². The van der Waals surface area contributed by atoms with Gasteiger partial charge in [-0.15, -0.1) is 0 Å². The molecule has 1 aromatic heterocycles. The highest BCUT2D eigenvalue weighted by molar-refractivity contribution is 5.98. The lowest BCUT2D eigenvalue weighted by Gasteiger charge is -2.16. The molecule has 5 heteroatoms. The Morgan fingerprint density at radius 3 is 2.15 bits per heavy atom. The van der Waals surface area contributed by atoms with Crippen LogP contribution in [0.25, 0.3) is 22.2 Å². The molecule has 0 aliphatic heterocycles. The second kappa shape index (κ2) is 34.2. The average Bonchev–Trinajstić information content (AvgIpc) is 3.43. The molecule has 0 bridgehead atoms. The van der Waals surface area contributed by atoms with Crippen LogP contribution in [0.1, 0.15) is 111 Å². The SMILES string of the molecule is C=C/C=C\C=C/CC(N=C)NCC1=CC=CC=CC1.C=NCc1ccc(-n2c(C(/C=C\C)=C(C)\C(C)=C\C=C/C)c(C)c3c(C)c(N/C(C)=C/C/C=C\C=C/C)ccc32)cc1.CC.CC. The number of aromatic nitrogens is 1. The molecule has 2 N–H and O–H groups in total. The van der Waals surface area contributed by atoms with Crippen molar-refractivity contribution >= 4 is 35.6 Å². The molecule has 1 aliphatic carbocycles. The van der Waals surface area contributed by atoms with E-state index in [2.05, 4.69) is 215 Å². The van der Waals surface area contributed by atoms with Crippen molar-refractivity contribution in [1.82, 2.24) is 9.88 Å². The highest BCUT2D eigenvalue weighted by Crippen LogP contribution is 2.40. The van der Waals surface area contributed by atoms with Gasteiger partial charge in [0.1, 0.15) is 6.17 Å². The number of benzene rings is 2. The van der Waals surface area contributed by atoms with Crippen molar-refractivity contribution in [3.8, 4) is 5.69 Å². The zero-order valence-corrected chi connectivity index (χ0v) is 42.1. The summed E-state index contributed by atoms with van der Waals surface area (Å²) in [5.41, 5.74) is 14.5. The van der Waals surface area contributed by atoms with Gasteiger partial charge in [0.05, 0.1) is 17.8 Å². The van der Waals surface area contributed by atoms with Gasteiger partial charge in [-0.25, -0.2) is 0 Å². The Balaban J connectivity index is 0.000000766. The van der Waals surface area contributed by atoms with Gasteiger partial charge in [0.2, 0.25) is 0 Å². The second-order valence-electron chi connectivity index (χ2n) is 14.8. The Hall–Kier alpha value is -6.30. The lowest BCUT2D eigenvalue weighted by atomic mass is 9.95. The van der Waals surface area contributed by atoms with E-state index in [1.54, 1.807) is 6.08 Å². The standard InChI is InChI=1S/C39H47N3.C17H22N2.2C2H6/c1-10-13-15-16-17-20-29(5)41-36-25-26-37-38(31(36)7)32(8)39(35(18-12-3)30(6)28(4)19-14-11-2)42(37)34-23-21-33(22-24-34)27-40-9;1-3-4-5-6-11-14-17(18-2)19-15-16-12-9-7-8-10-13-16;2*1-2/h10-16,18-26,41H,9,17,27H2,1-8H3;3-12,17,19H,1-2,13-15H2;2*1-2H3/b13-10-,14-11-,16-15-,18-12-,28-19+,29-20+,35-30-;5-4-,11-6-;;. The van der Waals surface area contributed by atoms with Gasteiger partial charge in [-0.1, -0.05) is 174 Å². The van der Waals surface area contributed by atoms with Crippen LogP contribution in [-0.4, -0.2) is 30.7 Å². The van der Waals surface area contributed by atoms with Gasteiger partial charge in [0.15, 0.2) is 0 Å². The van der Waals surface area contributed by atoms with Gasteiger partial charge in [0, 0.05) is 41.0 Å². The predicted octanol–water partition coefficient (Wildman–Crippen LogP) is 16.9. The molecule has 0 radical (unpaired) electrons. The summed E-state index contributed by atoms with van der Waals surface area (Å²) in [6.07, 6.45) is 44.3. The van der Waals surface area contributed by atoms with Gasteiger partial charge < -0.3 is 9.88 Å². The Morgan fingerprint density at radius 1 is 0.800 bits per heavy atom. The molecule has 4 rings (SSSR count). The first-order valence-electron chi connectivity index (χ1n) is 23.3. The van der Waals surface area contributed by atoms with Crippen molar-refractivity contribution in [3.05, 3.63) is 209 Å². The van der Waals surface area contributed by atoms with E-state index in [9.17, 15) is 0 Å². The van der Waals surface area contributed by atoms with Crippen LogP contribution >= 0.6 is 0 Å². The quantitative estimate of drug-likeness (QED) is 0.0878. The number of allylic oxidation sites excluding steroid dienone is 23. The van der Waals surface area contributed by atoms with Crippen LogP contribution in [0.4, 0.5) is 5.69 Å². The number of fused-ring (bicyclic) bond motifs is 1. The predicted molar refractivity (Wildman–Crippen MR) is 296 cm³/mol. The van der Waals surface area contributed by atoms with E-state index in [4.69, 9.17) is 0 Å². The highest BCUT2D eigenvalue weighted by Gasteiger charge is 2.22. The zero-order valence-electron chi connectivity index (χ0n) is 42.1. The van der Waals surface area contributed by atoms with Crippen molar-refractivity contribution < 1.29 is 0 Å². The molecule has 0 fully saturated rings. The third kappa shape index (κ3) is 19.1. The molecule has 2 aromatic carbocycles. The lowest BCUT2D eigenvalue weighted by molar-refractivity contribution is 0.561. The van der Waals surface area contributed by atoms with Crippen LogP contribution in [0.3, 0.4) is 0 Å². The van der Waals surface area contributed by atoms with Crippen LogP contribution in [0.15, 0.2) is 197 Å². The summed E-state index contributed by atoms with van der Waals surface area (Å²) in [5, 5.41) is 8.34. The summed E-state index contributed by atoms with van der Waals surface area (Å²) in [6, 6.07) is 13.2. The third-order valence-corrected chi connectivity index (χ3v) is 10.3. The molecule has 0 saturated carbocycles. The second-order valence-corrected chi connectivity index (χ2v) is 14.8. The molecule has 5 nitrogen and oxygen atoms in total. The smallest absolute Gasteiger partial charge is 0.102 e. The van der Waals surface area contributed by atoms with Crippen LogP contribution in [0.5, 0.6) is 0 Å². The molecule has 3 aromatic rings. The number of aryl methyl sites for hydroxylation is 2. The van der Waals surface area contributed by atoms with Crippen molar-refractivity contribution in [1.29, 1.82) is 0 Å². The van der Waals surface area contributed by atoms with E-state index in [0.717, 1.165) is 48.4 Å². The van der Waals surface area contributed by atoms with E-state index >= 15 is 0 Å². The van der Waals surface area contributed by atoms with Gasteiger partial charge >= 0.3 is 0 Å². The molecule has 65 heavy (non-hydrogen) atoms. The molecular weight excluding hydrogens is 791 g/mol. The molecular formula is C60H81N5. The minimum absolute atomic E-state index is 0.0606. The average molecular weight is 872 g/mol. The number of rotatable bonds is 20. The minimum Gasteiger partial charge on any atom is -0.359 e. The maximum absolute atomic E-state index is 4.09. The van der Waals surface area contributed by atoms with Crippen molar-refractivity contribution in [2.45, 2.75) is 115 Å². The summed E-state index contributed by atoms with van der Waals surface area (Å²) in [5.74, 6) is 0. The Morgan fingerprint density at radius 2 is 1.51 bits per heavy atom. The van der Waals surface area contributed by atoms with Crippen LogP contribution in [-0.2, 0) is 6.54 Å². The molecule has 0 spiro atoms. The largest absolute Gasteiger partial charge is 0.359 e. The third-order valence-electron chi connectivity index (χ3n) is 10.3. The first-order valence-corrected chi connectivity index (χ1v) is 23.3. The topological polar surface area (TPSA) is 53.7 Å². The van der Waals surface area contributed by atoms with E-state index in [-0.39, 0.29) is 6.17 Å². The van der Waals surface area contributed by atoms with E-state index < -0.39 is 0 Å². The normalized spacial score (nSPS) is 13.9. The number of nitrogens with one attached hydrogen (secondary N) is 2. The van der Waals surface area contributed by atoms with Crippen molar-refractivity contribution in [2.75, 3.05) is 11.9 Å². The minimum atomic E-state index is 0.0606. The molecule has 1 atom stereocenters. The van der Waals surface area contributed by atoms with Crippen LogP contribution in [0.2, 0.25) is 0 Å². The highest BCUT2D eigenvalue weighted by atomic mass is 15.1. The molecule has 0 saturated heterocycles. The number of hydrogen-bond acceptors (Lipinski definition) is 4. The first-order chi connectivity index (χ1) is 31.6. The lowest BCUT2D eigenvalue weighted by Crippen LogP contribution is -2.28. The van der Waals surface area contributed by atoms with Gasteiger partial charge in [-0.3, -0.25) is 15.3 Å². The van der Waals surface area contributed by atoms with Crippen molar-refractivity contribution in [2.24, 2.45) is 9.98 Å². The number of hydrogen-bond donors (Lipinski definition) is 2. The summed E-state index contributed by atoms with van der Waals surface area (Å²) in [4.78, 5) is 8.17.